The van der Waals surface area contributed by atoms with E-state index in [1.807, 2.05) is 0 Å². The normalized spacial score (nSPS) is 18.0. The van der Waals surface area contributed by atoms with Crippen molar-refractivity contribution in [3.05, 3.63) is 64.2 Å². The highest BCUT2D eigenvalue weighted by atomic mass is 19.4. The number of hydrogen-bond donors (Lipinski definition) is 1. The third-order valence-electron chi connectivity index (χ3n) is 7.04. The molecule has 2 heterocycles. The van der Waals surface area contributed by atoms with Crippen LogP contribution in [0.5, 0.6) is 0 Å². The zero-order chi connectivity index (χ0) is 34.4. The predicted octanol–water partition coefficient (Wildman–Crippen LogP) is 6.97. The van der Waals surface area contributed by atoms with Crippen LogP contribution in [0.4, 0.5) is 55.9 Å². The van der Waals surface area contributed by atoms with Crippen molar-refractivity contribution in [1.29, 1.82) is 0 Å². The number of aromatic nitrogens is 4. The van der Waals surface area contributed by atoms with Gasteiger partial charge in [-0.2, -0.15) is 44.3 Å². The van der Waals surface area contributed by atoms with Gasteiger partial charge in [-0.25, -0.2) is 4.79 Å². The Bertz CT molecular complexity index is 1520. The molecule has 1 amide bonds. The number of amides is 1. The average Bonchev–Trinajstić information content (AvgIpc) is 3.36. The molecular weight excluding hydrogens is 637 g/mol. The zero-order valence-electron chi connectivity index (χ0n) is 24.9. The number of anilines is 2. The lowest BCUT2D eigenvalue weighted by Gasteiger charge is -2.43. The van der Waals surface area contributed by atoms with Crippen LogP contribution < -0.4 is 15.5 Å². The number of carbonyl (C=O) groups is 1. The molecule has 0 fully saturated rings. The molecule has 3 aromatic rings. The smallest absolute Gasteiger partial charge is 0.416 e. The van der Waals surface area contributed by atoms with E-state index in [0.717, 1.165) is 27.9 Å². The van der Waals surface area contributed by atoms with Gasteiger partial charge in [0.15, 0.2) is 0 Å². The van der Waals surface area contributed by atoms with Crippen molar-refractivity contribution in [2.75, 3.05) is 9.80 Å². The maximum atomic E-state index is 13.9. The van der Waals surface area contributed by atoms with Gasteiger partial charge in [0.25, 0.3) is 5.95 Å². The monoisotopic (exact) mass is 667 g/mol. The van der Waals surface area contributed by atoms with Gasteiger partial charge in [-0.1, -0.05) is 5.10 Å². The number of hydrogen-bond acceptors (Lipinski definition) is 7. The van der Waals surface area contributed by atoms with Gasteiger partial charge in [0, 0.05) is 18.6 Å². The second-order valence-corrected chi connectivity index (χ2v) is 11.3. The molecule has 1 aliphatic heterocycles. The van der Waals surface area contributed by atoms with Crippen molar-refractivity contribution in [2.24, 2.45) is 5.73 Å². The molecule has 3 atom stereocenters. The lowest BCUT2D eigenvalue weighted by molar-refractivity contribution is -0.143. The third-order valence-corrected chi connectivity index (χ3v) is 7.04. The molecule has 9 nitrogen and oxygen atoms in total. The Balaban J connectivity index is 1.93. The lowest BCUT2D eigenvalue weighted by atomic mass is 9.89. The Kier molecular flexibility index (Phi) is 9.53. The van der Waals surface area contributed by atoms with Gasteiger partial charge in [0.1, 0.15) is 0 Å². The van der Waals surface area contributed by atoms with Crippen LogP contribution in [0.3, 0.4) is 0 Å². The van der Waals surface area contributed by atoms with E-state index in [2.05, 4.69) is 15.4 Å². The molecule has 2 aromatic carbocycles. The quantitative estimate of drug-likeness (QED) is 0.272. The van der Waals surface area contributed by atoms with Gasteiger partial charge in [-0.05, 0) is 86.9 Å². The zero-order valence-corrected chi connectivity index (χ0v) is 24.9. The van der Waals surface area contributed by atoms with Gasteiger partial charge in [-0.15, -0.1) is 5.10 Å². The first-order valence-corrected chi connectivity index (χ1v) is 13.9. The number of halogens is 9. The summed E-state index contributed by atoms with van der Waals surface area (Å²) in [5.41, 5.74) is 0.944. The Morgan fingerprint density at radius 2 is 1.54 bits per heavy atom. The van der Waals surface area contributed by atoms with Gasteiger partial charge in [-0.3, -0.25) is 4.90 Å². The number of ether oxygens (including phenoxy) is 1. The Morgan fingerprint density at radius 3 is 2.07 bits per heavy atom. The fraction of sp³-hybridized carbons (Fsp3) is 0.500. The van der Waals surface area contributed by atoms with Gasteiger partial charge >= 0.3 is 24.6 Å². The number of nitrogens with two attached hydrogens (primary N) is 1. The molecule has 0 saturated heterocycles. The van der Waals surface area contributed by atoms with E-state index < -0.39 is 77.7 Å². The fourth-order valence-electron chi connectivity index (χ4n) is 5.15. The van der Waals surface area contributed by atoms with Crippen molar-refractivity contribution < 1.29 is 49.0 Å². The summed E-state index contributed by atoms with van der Waals surface area (Å²) in [5.74, 6) is -0.301. The molecule has 0 saturated carbocycles. The molecule has 2 N–H and O–H groups in total. The molecule has 0 bridgehead atoms. The molecule has 4 rings (SSSR count). The molecule has 252 valence electrons. The Hall–Kier alpha value is -4.09. The molecule has 0 aliphatic carbocycles. The molecule has 0 unspecified atom stereocenters. The first kappa shape index (κ1) is 34.8. The number of carbonyl (C=O) groups excluding carboxylic acids is 1. The minimum atomic E-state index is -5.15. The summed E-state index contributed by atoms with van der Waals surface area (Å²) in [7, 11) is 0. The van der Waals surface area contributed by atoms with Gasteiger partial charge in [0.05, 0.1) is 41.1 Å². The topological polar surface area (TPSA) is 102 Å². The highest BCUT2D eigenvalue weighted by molar-refractivity contribution is 5.90. The number of alkyl halides is 9. The van der Waals surface area contributed by atoms with Crippen LogP contribution in [-0.2, 0) is 36.4 Å². The van der Waals surface area contributed by atoms with Crippen LogP contribution in [0.15, 0.2) is 36.4 Å². The standard InChI is InChI=1S/C28H30F9N7O2/c1-14(2)46-25(45)44-16(4)7-23(21-11-18(26(29,30)31)5-6-22(21)44)42(24-39-41-43(40-24)12-15(3)38)13-17-8-19(27(32,33)34)10-20(9-17)28(35,36)37/h5-6,8-11,14-16,23H,7,12-13,38H2,1-4H3/t15-,16-,23+/m0/s1. The molecule has 46 heavy (non-hydrogen) atoms. The third kappa shape index (κ3) is 7.82. The van der Waals surface area contributed by atoms with Crippen molar-refractivity contribution in [3.63, 3.8) is 0 Å². The highest BCUT2D eigenvalue weighted by Crippen LogP contribution is 2.45. The first-order valence-electron chi connectivity index (χ1n) is 13.9. The van der Waals surface area contributed by atoms with E-state index in [1.165, 1.54) is 4.90 Å². The van der Waals surface area contributed by atoms with E-state index in [1.54, 1.807) is 27.7 Å². The van der Waals surface area contributed by atoms with Gasteiger partial charge < -0.3 is 15.4 Å². The second-order valence-electron chi connectivity index (χ2n) is 11.3. The van der Waals surface area contributed by atoms with Crippen LogP contribution in [0.1, 0.15) is 68.0 Å². The van der Waals surface area contributed by atoms with E-state index in [9.17, 15) is 44.3 Å². The number of nitrogens with zero attached hydrogens (tertiary/aromatic N) is 6. The minimum Gasteiger partial charge on any atom is -0.446 e. The number of fused-ring (bicyclic) bond motifs is 1. The van der Waals surface area contributed by atoms with E-state index in [4.69, 9.17) is 10.5 Å². The van der Waals surface area contributed by atoms with Crippen molar-refractivity contribution in [2.45, 2.75) is 90.0 Å². The van der Waals surface area contributed by atoms with Crippen LogP contribution >= 0.6 is 0 Å². The fourth-order valence-corrected chi connectivity index (χ4v) is 5.15. The number of benzene rings is 2. The largest absolute Gasteiger partial charge is 0.446 e. The van der Waals surface area contributed by atoms with Crippen LogP contribution in [-0.4, -0.2) is 44.5 Å². The minimum absolute atomic E-state index is 0.00426. The lowest BCUT2D eigenvalue weighted by Crippen LogP contribution is -2.47. The maximum absolute atomic E-state index is 13.9. The molecule has 18 heteroatoms. The van der Waals surface area contributed by atoms with E-state index in [-0.39, 0.29) is 36.2 Å². The Labute approximate surface area is 257 Å². The van der Waals surface area contributed by atoms with E-state index >= 15 is 0 Å². The summed E-state index contributed by atoms with van der Waals surface area (Å²) < 4.78 is 129. The van der Waals surface area contributed by atoms with Crippen LogP contribution in [0, 0.1) is 0 Å². The molecular formula is C28H30F9N7O2. The Morgan fingerprint density at radius 1 is 0.957 bits per heavy atom. The molecule has 0 radical (unpaired) electrons. The summed E-state index contributed by atoms with van der Waals surface area (Å²) in [4.78, 5) is 16.4. The van der Waals surface area contributed by atoms with Crippen molar-refractivity contribution in [1.82, 2.24) is 20.2 Å². The second kappa shape index (κ2) is 12.6. The highest BCUT2D eigenvalue weighted by Gasteiger charge is 2.42. The van der Waals surface area contributed by atoms with Crippen LogP contribution in [0.25, 0.3) is 0 Å². The van der Waals surface area contributed by atoms with Gasteiger partial charge in [0.2, 0.25) is 0 Å². The van der Waals surface area contributed by atoms with Crippen LogP contribution in [0.2, 0.25) is 0 Å². The van der Waals surface area contributed by atoms with E-state index in [0.29, 0.717) is 12.1 Å². The summed E-state index contributed by atoms with van der Waals surface area (Å²) in [6, 6.07) is 1.14. The summed E-state index contributed by atoms with van der Waals surface area (Å²) in [6.45, 7) is 5.65. The first-order chi connectivity index (χ1) is 21.1. The van der Waals surface area contributed by atoms with Crippen molar-refractivity contribution in [3.8, 4) is 0 Å². The predicted molar refractivity (Wildman–Crippen MR) is 146 cm³/mol. The summed E-state index contributed by atoms with van der Waals surface area (Å²) in [5, 5.41) is 12.0. The molecule has 0 spiro atoms. The molecule has 1 aliphatic rings. The maximum Gasteiger partial charge on any atom is 0.416 e. The average molecular weight is 668 g/mol. The molecule has 1 aromatic heterocycles. The SMILES string of the molecule is CC(C)OC(=O)N1c2ccc(C(F)(F)F)cc2[C@H](N(Cc2cc(C(F)(F)F)cc(C(F)(F)F)c2)c2nnn(C[C@H](C)N)n2)C[C@@H]1C. The number of tetrazole rings is 1. The summed E-state index contributed by atoms with van der Waals surface area (Å²) in [6.07, 6.45) is -16.7. The number of rotatable bonds is 7. The van der Waals surface area contributed by atoms with Crippen molar-refractivity contribution >= 4 is 17.7 Å². The summed E-state index contributed by atoms with van der Waals surface area (Å²) >= 11 is 0.